The van der Waals surface area contributed by atoms with Crippen molar-refractivity contribution in [2.45, 2.75) is 0 Å². The zero-order chi connectivity index (χ0) is 2.71. The molecule has 36 valence electrons. The topological polar surface area (TPSA) is 70.0 Å². The van der Waals surface area contributed by atoms with E-state index in [0.29, 0.717) is 0 Å². The average molecular weight is 119 g/mol. The predicted molar refractivity (Wildman–Crippen MR) is 26.6 cm³/mol. The SMILES string of the molecule is ClCCl.N.N. The van der Waals surface area contributed by atoms with Crippen LogP contribution in [0.1, 0.15) is 0 Å². The van der Waals surface area contributed by atoms with E-state index in [4.69, 9.17) is 23.2 Å². The molecule has 0 rings (SSSR count). The lowest BCUT2D eigenvalue weighted by Gasteiger charge is -1.42. The summed E-state index contributed by atoms with van der Waals surface area (Å²) in [4.78, 5) is 0. The van der Waals surface area contributed by atoms with Gasteiger partial charge in [0.25, 0.3) is 0 Å². The highest BCUT2D eigenvalue weighted by Crippen LogP contribution is 1.73. The lowest BCUT2D eigenvalue weighted by atomic mass is 11.9. The average Bonchev–Trinajstić information content (AvgIpc) is 0.918. The Balaban J connectivity index is -0.0000000200. The summed E-state index contributed by atoms with van der Waals surface area (Å²) in [7, 11) is 0. The standard InChI is InChI=1S/CH2Cl2.2H3N/c2-1-3;;/h1H2;2*1H3. The second-order valence-corrected chi connectivity index (χ2v) is 0.909. The van der Waals surface area contributed by atoms with Crippen LogP contribution >= 0.6 is 23.2 Å². The molecule has 0 aromatic carbocycles. The van der Waals surface area contributed by atoms with Crippen LogP contribution in [0.4, 0.5) is 0 Å². The third-order valence-corrected chi connectivity index (χ3v) is 0. The van der Waals surface area contributed by atoms with E-state index in [0.717, 1.165) is 0 Å². The first kappa shape index (κ1) is 17.8. The zero-order valence-corrected chi connectivity index (χ0v) is 4.39. The van der Waals surface area contributed by atoms with E-state index in [1.807, 2.05) is 0 Å². The zero-order valence-electron chi connectivity index (χ0n) is 2.88. The van der Waals surface area contributed by atoms with Crippen molar-refractivity contribution >= 4 is 23.2 Å². The summed E-state index contributed by atoms with van der Waals surface area (Å²) in [6, 6.07) is 0. The van der Waals surface area contributed by atoms with Gasteiger partial charge >= 0.3 is 0 Å². The van der Waals surface area contributed by atoms with Crippen LogP contribution in [-0.2, 0) is 0 Å². The van der Waals surface area contributed by atoms with Crippen molar-refractivity contribution in [3.63, 3.8) is 0 Å². The van der Waals surface area contributed by atoms with Gasteiger partial charge in [-0.2, -0.15) is 0 Å². The Bertz CT molecular complexity index is 7.61. The molecule has 0 aliphatic heterocycles. The van der Waals surface area contributed by atoms with Crippen molar-refractivity contribution in [3.8, 4) is 0 Å². The molecule has 4 heteroatoms. The molecule has 0 atom stereocenters. The summed E-state index contributed by atoms with van der Waals surface area (Å²) in [5.41, 5.74) is 0. The molecular weight excluding hydrogens is 111 g/mol. The first-order valence-corrected chi connectivity index (χ1v) is 1.60. The molecule has 0 amide bonds. The van der Waals surface area contributed by atoms with E-state index < -0.39 is 0 Å². The fraction of sp³-hybridized carbons (Fsp3) is 1.00. The monoisotopic (exact) mass is 118 g/mol. The molecule has 0 aliphatic carbocycles. The maximum atomic E-state index is 4.76. The Kier molecular flexibility index (Phi) is 87.3. The van der Waals surface area contributed by atoms with E-state index >= 15 is 0 Å². The van der Waals surface area contributed by atoms with Gasteiger partial charge in [0.15, 0.2) is 0 Å². The van der Waals surface area contributed by atoms with Crippen molar-refractivity contribution in [2.24, 2.45) is 0 Å². The fourth-order valence-corrected chi connectivity index (χ4v) is 0. The molecule has 0 unspecified atom stereocenters. The van der Waals surface area contributed by atoms with E-state index in [1.165, 1.54) is 0 Å². The Hall–Kier alpha value is 0.500. The van der Waals surface area contributed by atoms with Crippen molar-refractivity contribution in [2.75, 3.05) is 5.34 Å². The van der Waals surface area contributed by atoms with Crippen molar-refractivity contribution in [1.29, 1.82) is 0 Å². The van der Waals surface area contributed by atoms with Crippen molar-refractivity contribution in [1.82, 2.24) is 12.3 Å². The van der Waals surface area contributed by atoms with Gasteiger partial charge in [0.1, 0.15) is 0 Å². The highest BCUT2D eigenvalue weighted by molar-refractivity contribution is 6.40. The minimum Gasteiger partial charge on any atom is -0.344 e. The molecule has 0 heterocycles. The number of rotatable bonds is 0. The van der Waals surface area contributed by atoms with Gasteiger partial charge in [-0.15, -0.1) is 23.2 Å². The van der Waals surface area contributed by atoms with E-state index in [-0.39, 0.29) is 17.6 Å². The molecule has 6 N–H and O–H groups in total. The van der Waals surface area contributed by atoms with Gasteiger partial charge in [0, 0.05) is 0 Å². The number of alkyl halides is 2. The second-order valence-electron chi connectivity index (χ2n) is 0.101. The van der Waals surface area contributed by atoms with Gasteiger partial charge in [0.2, 0.25) is 0 Å². The van der Waals surface area contributed by atoms with E-state index in [9.17, 15) is 0 Å². The van der Waals surface area contributed by atoms with Gasteiger partial charge in [-0.25, -0.2) is 0 Å². The normalized spacial score (nSPS) is 3.60. The molecule has 2 nitrogen and oxygen atoms in total. The largest absolute Gasteiger partial charge is 0.344 e. The quantitative estimate of drug-likeness (QED) is 0.476. The van der Waals surface area contributed by atoms with Gasteiger partial charge < -0.3 is 12.3 Å². The van der Waals surface area contributed by atoms with Gasteiger partial charge in [-0.05, 0) is 0 Å². The lowest BCUT2D eigenvalue weighted by Crippen LogP contribution is -1.24. The molecule has 0 saturated heterocycles. The molecule has 0 spiro atoms. The van der Waals surface area contributed by atoms with E-state index in [1.54, 1.807) is 0 Å². The number of hydrogen-bond donors (Lipinski definition) is 2. The van der Waals surface area contributed by atoms with Gasteiger partial charge in [-0.1, -0.05) is 0 Å². The highest BCUT2D eigenvalue weighted by atomic mass is 35.5. The number of halogens is 2. The summed E-state index contributed by atoms with van der Waals surface area (Å²) < 4.78 is 0. The lowest BCUT2D eigenvalue weighted by molar-refractivity contribution is 2.13. The summed E-state index contributed by atoms with van der Waals surface area (Å²) in [5.74, 6) is 0. The molecule has 5 heavy (non-hydrogen) atoms. The number of hydrogen-bond acceptors (Lipinski definition) is 2. The van der Waals surface area contributed by atoms with Crippen LogP contribution in [0.25, 0.3) is 0 Å². The molecule has 0 radical (unpaired) electrons. The Labute approximate surface area is 41.6 Å². The molecule has 0 aromatic rings. The Morgan fingerprint density at radius 1 is 1.00 bits per heavy atom. The fourth-order valence-electron chi connectivity index (χ4n) is 0. The van der Waals surface area contributed by atoms with Gasteiger partial charge in [-0.3, -0.25) is 0 Å². The summed E-state index contributed by atoms with van der Waals surface area (Å²) >= 11 is 9.53. The Morgan fingerprint density at radius 2 is 1.00 bits per heavy atom. The molecule has 0 aromatic heterocycles. The minimum atomic E-state index is 0. The molecule has 0 saturated carbocycles. The predicted octanol–water partition coefficient (Wildman–Crippen LogP) is 1.75. The van der Waals surface area contributed by atoms with Crippen LogP contribution in [0.2, 0.25) is 0 Å². The summed E-state index contributed by atoms with van der Waals surface area (Å²) in [5, 5.41) is 0.194. The van der Waals surface area contributed by atoms with Crippen LogP contribution in [-0.4, -0.2) is 5.34 Å². The summed E-state index contributed by atoms with van der Waals surface area (Å²) in [6.07, 6.45) is 0. The maximum Gasteiger partial charge on any atom is 0.0967 e. The third kappa shape index (κ3) is 113. The second kappa shape index (κ2) is 24.5. The summed E-state index contributed by atoms with van der Waals surface area (Å²) in [6.45, 7) is 0. The molecule has 0 aliphatic rings. The molecular formula is CH8Cl2N2. The highest BCUT2D eigenvalue weighted by Gasteiger charge is 1.41. The van der Waals surface area contributed by atoms with Crippen molar-refractivity contribution in [3.05, 3.63) is 0 Å². The van der Waals surface area contributed by atoms with E-state index in [2.05, 4.69) is 0 Å². The van der Waals surface area contributed by atoms with Crippen LogP contribution in [0.5, 0.6) is 0 Å². The molecule has 0 fully saturated rings. The smallest absolute Gasteiger partial charge is 0.0967 e. The minimum absolute atomic E-state index is 0. The van der Waals surface area contributed by atoms with Crippen LogP contribution in [0.3, 0.4) is 0 Å². The van der Waals surface area contributed by atoms with Crippen LogP contribution < -0.4 is 12.3 Å². The van der Waals surface area contributed by atoms with Crippen molar-refractivity contribution < 1.29 is 0 Å². The Morgan fingerprint density at radius 3 is 1.00 bits per heavy atom. The van der Waals surface area contributed by atoms with Crippen LogP contribution in [0.15, 0.2) is 0 Å². The first-order valence-electron chi connectivity index (χ1n) is 0.535. The van der Waals surface area contributed by atoms with Crippen LogP contribution in [0, 0.1) is 0 Å². The first-order chi connectivity index (χ1) is 1.41. The maximum absolute atomic E-state index is 4.76. The third-order valence-electron chi connectivity index (χ3n) is 0. The molecule has 0 bridgehead atoms. The van der Waals surface area contributed by atoms with Gasteiger partial charge in [0.05, 0.1) is 5.34 Å².